The third-order valence-electron chi connectivity index (χ3n) is 3.09. The van der Waals surface area contributed by atoms with E-state index in [1.54, 1.807) is 24.3 Å². The van der Waals surface area contributed by atoms with Crippen LogP contribution >= 0.6 is 0 Å². The molecule has 0 fully saturated rings. The van der Waals surface area contributed by atoms with E-state index in [-0.39, 0.29) is 18.6 Å². The highest BCUT2D eigenvalue weighted by Crippen LogP contribution is 2.11. The summed E-state index contributed by atoms with van der Waals surface area (Å²) in [6, 6.07) is 16.3. The van der Waals surface area contributed by atoms with Gasteiger partial charge in [-0.25, -0.2) is 0 Å². The van der Waals surface area contributed by atoms with Gasteiger partial charge < -0.3 is 16.2 Å². The van der Waals surface area contributed by atoms with E-state index in [4.69, 9.17) is 5.73 Å². The van der Waals surface area contributed by atoms with Crippen LogP contribution in [0.2, 0.25) is 0 Å². The molecule has 4 N–H and O–H groups in total. The number of nitrogen functional groups attached to an aromatic ring is 1. The van der Waals surface area contributed by atoms with Crippen molar-refractivity contribution < 1.29 is 9.90 Å². The summed E-state index contributed by atoms with van der Waals surface area (Å²) in [7, 11) is 0. The van der Waals surface area contributed by atoms with Crippen molar-refractivity contribution in [3.63, 3.8) is 0 Å². The number of hydrogen-bond donors (Lipinski definition) is 3. The van der Waals surface area contributed by atoms with Crippen molar-refractivity contribution in [1.82, 2.24) is 5.32 Å². The third-order valence-corrected chi connectivity index (χ3v) is 3.09. The van der Waals surface area contributed by atoms with Crippen LogP contribution in [0.25, 0.3) is 0 Å². The summed E-state index contributed by atoms with van der Waals surface area (Å²) in [6.07, 6.45) is 0.579. The zero-order chi connectivity index (χ0) is 14.4. The summed E-state index contributed by atoms with van der Waals surface area (Å²) in [4.78, 5) is 12.1. The maximum atomic E-state index is 12.1. The van der Waals surface area contributed by atoms with Gasteiger partial charge >= 0.3 is 0 Å². The molecule has 4 heteroatoms. The number of carbonyl (C=O) groups is 1. The number of para-hydroxylation sites is 1. The van der Waals surface area contributed by atoms with Gasteiger partial charge in [0.15, 0.2) is 0 Å². The second-order valence-corrected chi connectivity index (χ2v) is 4.63. The largest absolute Gasteiger partial charge is 0.398 e. The van der Waals surface area contributed by atoms with E-state index in [1.165, 1.54) is 0 Å². The van der Waals surface area contributed by atoms with E-state index in [0.29, 0.717) is 17.7 Å². The summed E-state index contributed by atoms with van der Waals surface area (Å²) in [5.41, 5.74) is 7.69. The minimum absolute atomic E-state index is 0.118. The number of aliphatic hydroxyl groups excluding tert-OH is 1. The molecule has 0 bridgehead atoms. The molecule has 0 radical (unpaired) electrons. The van der Waals surface area contributed by atoms with Gasteiger partial charge in [0, 0.05) is 5.69 Å². The highest BCUT2D eigenvalue weighted by molar-refractivity contribution is 5.99. The molecule has 1 atom stereocenters. The van der Waals surface area contributed by atoms with Gasteiger partial charge in [0.1, 0.15) is 0 Å². The van der Waals surface area contributed by atoms with Crippen molar-refractivity contribution in [3.8, 4) is 0 Å². The smallest absolute Gasteiger partial charge is 0.253 e. The second kappa shape index (κ2) is 6.73. The first-order chi connectivity index (χ1) is 9.70. The minimum Gasteiger partial charge on any atom is -0.398 e. The van der Waals surface area contributed by atoms with E-state index in [0.717, 1.165) is 5.56 Å². The third kappa shape index (κ3) is 3.59. The quantitative estimate of drug-likeness (QED) is 0.722. The number of carbonyl (C=O) groups excluding carboxylic acids is 1. The Bertz CT molecular complexity index is 570. The number of amides is 1. The maximum Gasteiger partial charge on any atom is 0.253 e. The molecular weight excluding hydrogens is 252 g/mol. The first-order valence-electron chi connectivity index (χ1n) is 6.51. The molecule has 0 unspecified atom stereocenters. The first kappa shape index (κ1) is 14.1. The molecule has 0 aromatic heterocycles. The molecule has 0 saturated heterocycles. The van der Waals surface area contributed by atoms with Crippen molar-refractivity contribution in [2.75, 3.05) is 12.3 Å². The summed E-state index contributed by atoms with van der Waals surface area (Å²) in [5.74, 6) is -0.266. The van der Waals surface area contributed by atoms with Gasteiger partial charge in [0.2, 0.25) is 0 Å². The van der Waals surface area contributed by atoms with E-state index >= 15 is 0 Å². The minimum atomic E-state index is -0.329. The van der Waals surface area contributed by atoms with Crippen LogP contribution in [0.1, 0.15) is 15.9 Å². The zero-order valence-corrected chi connectivity index (χ0v) is 11.1. The molecule has 20 heavy (non-hydrogen) atoms. The Labute approximate surface area is 118 Å². The Balaban J connectivity index is 2.03. The van der Waals surface area contributed by atoms with Gasteiger partial charge in [-0.1, -0.05) is 42.5 Å². The highest BCUT2D eigenvalue weighted by atomic mass is 16.3. The standard InChI is InChI=1S/C16H18N2O2/c17-15-9-5-4-8-14(15)16(20)18-13(11-19)10-12-6-2-1-3-7-12/h1-9,13,19H,10-11,17H2,(H,18,20)/t13-/m1/s1. The van der Waals surface area contributed by atoms with Gasteiger partial charge in [0.25, 0.3) is 5.91 Å². The van der Waals surface area contributed by atoms with Crippen LogP contribution in [0.4, 0.5) is 5.69 Å². The number of aliphatic hydroxyl groups is 1. The van der Waals surface area contributed by atoms with Crippen LogP contribution in [0, 0.1) is 0 Å². The highest BCUT2D eigenvalue weighted by Gasteiger charge is 2.15. The number of nitrogens with one attached hydrogen (secondary N) is 1. The van der Waals surface area contributed by atoms with Crippen LogP contribution in [-0.2, 0) is 6.42 Å². The molecule has 2 aromatic carbocycles. The van der Waals surface area contributed by atoms with Crippen LogP contribution in [0.5, 0.6) is 0 Å². The van der Waals surface area contributed by atoms with Crippen LogP contribution in [0.15, 0.2) is 54.6 Å². The zero-order valence-electron chi connectivity index (χ0n) is 11.1. The number of anilines is 1. The van der Waals surface area contributed by atoms with Crippen LogP contribution in [-0.4, -0.2) is 23.7 Å². The van der Waals surface area contributed by atoms with Crippen molar-refractivity contribution in [3.05, 3.63) is 65.7 Å². The van der Waals surface area contributed by atoms with Crippen molar-refractivity contribution >= 4 is 11.6 Å². The van der Waals surface area contributed by atoms with Gasteiger partial charge in [-0.15, -0.1) is 0 Å². The molecule has 2 rings (SSSR count). The first-order valence-corrected chi connectivity index (χ1v) is 6.51. The van der Waals surface area contributed by atoms with Gasteiger partial charge in [0.05, 0.1) is 18.2 Å². The fourth-order valence-electron chi connectivity index (χ4n) is 2.03. The summed E-state index contributed by atoms with van der Waals surface area (Å²) >= 11 is 0. The molecule has 0 aliphatic rings. The van der Waals surface area contributed by atoms with Crippen LogP contribution < -0.4 is 11.1 Å². The Hall–Kier alpha value is -2.33. The number of benzene rings is 2. The van der Waals surface area contributed by atoms with Crippen molar-refractivity contribution in [2.24, 2.45) is 0 Å². The van der Waals surface area contributed by atoms with Crippen molar-refractivity contribution in [1.29, 1.82) is 0 Å². The Morgan fingerprint density at radius 2 is 1.75 bits per heavy atom. The van der Waals surface area contributed by atoms with E-state index in [2.05, 4.69) is 5.32 Å². The predicted octanol–water partition coefficient (Wildman–Crippen LogP) is 1.60. The summed E-state index contributed by atoms with van der Waals surface area (Å²) in [6.45, 7) is -0.118. The van der Waals surface area contributed by atoms with Gasteiger partial charge in [-0.2, -0.15) is 0 Å². The Morgan fingerprint density at radius 3 is 2.40 bits per heavy atom. The fourth-order valence-corrected chi connectivity index (χ4v) is 2.03. The molecule has 0 saturated carbocycles. The lowest BCUT2D eigenvalue weighted by Gasteiger charge is -2.17. The second-order valence-electron chi connectivity index (χ2n) is 4.63. The average Bonchev–Trinajstić information content (AvgIpc) is 2.48. The normalized spacial score (nSPS) is 11.8. The molecule has 0 aliphatic carbocycles. The average molecular weight is 270 g/mol. The molecule has 0 spiro atoms. The topological polar surface area (TPSA) is 75.4 Å². The Morgan fingerprint density at radius 1 is 1.10 bits per heavy atom. The summed E-state index contributed by atoms with van der Waals surface area (Å²) in [5, 5.41) is 12.2. The SMILES string of the molecule is Nc1ccccc1C(=O)N[C@@H](CO)Cc1ccccc1. The number of hydrogen-bond acceptors (Lipinski definition) is 3. The molecular formula is C16H18N2O2. The van der Waals surface area contributed by atoms with Gasteiger partial charge in [-0.05, 0) is 24.1 Å². The molecule has 1 amide bonds. The molecule has 104 valence electrons. The number of nitrogens with two attached hydrogens (primary N) is 1. The molecule has 0 aliphatic heterocycles. The predicted molar refractivity (Wildman–Crippen MR) is 79.3 cm³/mol. The van der Waals surface area contributed by atoms with Crippen LogP contribution in [0.3, 0.4) is 0 Å². The van der Waals surface area contributed by atoms with Gasteiger partial charge in [-0.3, -0.25) is 4.79 Å². The monoisotopic (exact) mass is 270 g/mol. The Kier molecular flexibility index (Phi) is 4.74. The lowest BCUT2D eigenvalue weighted by atomic mass is 10.1. The van der Waals surface area contributed by atoms with E-state index in [9.17, 15) is 9.90 Å². The van der Waals surface area contributed by atoms with E-state index < -0.39 is 0 Å². The fraction of sp³-hybridized carbons (Fsp3) is 0.188. The lowest BCUT2D eigenvalue weighted by Crippen LogP contribution is -2.39. The van der Waals surface area contributed by atoms with Crippen molar-refractivity contribution in [2.45, 2.75) is 12.5 Å². The lowest BCUT2D eigenvalue weighted by molar-refractivity contribution is 0.0917. The molecule has 2 aromatic rings. The number of rotatable bonds is 5. The maximum absolute atomic E-state index is 12.1. The summed E-state index contributed by atoms with van der Waals surface area (Å²) < 4.78 is 0. The molecule has 0 heterocycles. The van der Waals surface area contributed by atoms with E-state index in [1.807, 2.05) is 30.3 Å². The molecule has 4 nitrogen and oxygen atoms in total.